The second-order valence-corrected chi connectivity index (χ2v) is 6.81. The molecule has 6 heteroatoms. The minimum Gasteiger partial charge on any atom is -0.497 e. The highest BCUT2D eigenvalue weighted by molar-refractivity contribution is 5.89. The van der Waals surface area contributed by atoms with Gasteiger partial charge in [0.25, 0.3) is 0 Å². The minimum atomic E-state index is -1.01. The standard InChI is InChI=1S/C22H23NO5/c1-22(2,21(24)27-5)20-18(14-6-10-16(25-3)11-7-14)19(23-28-20)15-8-12-17(26-4)13-9-15/h6-13H,1-5H3/i1-1,2-1,3-1,4+0,5-1. The first-order valence-corrected chi connectivity index (χ1v) is 8.79. The maximum Gasteiger partial charge on any atom is 0.319 e. The molecule has 0 N–H and O–H groups in total. The average Bonchev–Trinajstić information content (AvgIpc) is 3.19. The topological polar surface area (TPSA) is 70.8 Å². The lowest BCUT2D eigenvalue weighted by Crippen LogP contribution is -2.30. The maximum atomic E-state index is 12.4. The Balaban J connectivity index is 2.20. The van der Waals surface area contributed by atoms with Gasteiger partial charge >= 0.3 is 5.97 Å². The monoisotopic (exact) mass is 377 g/mol. The van der Waals surface area contributed by atoms with Crippen LogP contribution in [0.5, 0.6) is 11.5 Å². The van der Waals surface area contributed by atoms with Gasteiger partial charge in [-0.15, -0.1) is 0 Å². The Kier molecular flexibility index (Phi) is 5.40. The molecule has 1 heterocycles. The molecule has 0 radical (unpaired) electrons. The molecule has 0 unspecified atom stereocenters. The molecular weight excluding hydrogens is 354 g/mol. The molecule has 28 heavy (non-hydrogen) atoms. The number of hydrogen-bond donors (Lipinski definition) is 0. The predicted octanol–water partition coefficient (Wildman–Crippen LogP) is 4.48. The summed E-state index contributed by atoms with van der Waals surface area (Å²) in [6.07, 6.45) is 0. The van der Waals surface area contributed by atoms with E-state index in [0.29, 0.717) is 11.5 Å². The first-order chi connectivity index (χ1) is 13.4. The largest absolute Gasteiger partial charge is 0.497 e. The number of aromatic nitrogens is 1. The van der Waals surface area contributed by atoms with Crippen LogP contribution in [0.25, 0.3) is 22.4 Å². The zero-order valence-corrected chi connectivity index (χ0v) is 16.6. The molecule has 0 aliphatic carbocycles. The van der Waals surface area contributed by atoms with Crippen LogP contribution >= 0.6 is 0 Å². The first-order valence-electron chi connectivity index (χ1n) is 8.79. The highest BCUT2D eigenvalue weighted by Crippen LogP contribution is 2.41. The van der Waals surface area contributed by atoms with Crippen LogP contribution in [0.1, 0.15) is 19.6 Å². The fourth-order valence-electron chi connectivity index (χ4n) is 3.04. The van der Waals surface area contributed by atoms with E-state index in [0.717, 1.165) is 28.2 Å². The van der Waals surface area contributed by atoms with Crippen molar-refractivity contribution in [1.82, 2.24) is 5.16 Å². The van der Waals surface area contributed by atoms with Crippen molar-refractivity contribution in [3.05, 3.63) is 54.3 Å². The van der Waals surface area contributed by atoms with Gasteiger partial charge < -0.3 is 18.7 Å². The first kappa shape index (κ1) is 19.5. The smallest absolute Gasteiger partial charge is 0.319 e. The van der Waals surface area contributed by atoms with Crippen molar-refractivity contribution in [3.63, 3.8) is 0 Å². The van der Waals surface area contributed by atoms with E-state index in [1.54, 1.807) is 28.1 Å². The van der Waals surface area contributed by atoms with E-state index < -0.39 is 11.4 Å². The molecule has 0 atom stereocenters. The molecule has 0 aliphatic rings. The number of hydrogen-bond acceptors (Lipinski definition) is 6. The van der Waals surface area contributed by atoms with E-state index in [-0.39, 0.29) is 0 Å². The Morgan fingerprint density at radius 3 is 1.82 bits per heavy atom. The zero-order chi connectivity index (χ0) is 20.3. The van der Waals surface area contributed by atoms with Gasteiger partial charge in [0.1, 0.15) is 22.6 Å². The van der Waals surface area contributed by atoms with Crippen molar-refractivity contribution in [2.75, 3.05) is 21.3 Å². The number of methoxy groups -OCH3 is 3. The molecule has 0 saturated heterocycles. The lowest BCUT2D eigenvalue weighted by atomic mass is 9.60. The van der Waals surface area contributed by atoms with Gasteiger partial charge in [0.2, 0.25) is 0 Å². The summed E-state index contributed by atoms with van der Waals surface area (Å²) >= 11 is 0. The number of benzene rings is 2. The van der Waals surface area contributed by atoms with Crippen LogP contribution in [0, 0.1) is 0 Å². The van der Waals surface area contributed by atoms with E-state index in [9.17, 15) is 4.79 Å². The second kappa shape index (κ2) is 7.76. The third kappa shape index (κ3) is 3.45. The molecule has 0 aliphatic heterocycles. The maximum absolute atomic E-state index is 12.4. The van der Waals surface area contributed by atoms with Crippen molar-refractivity contribution >= 4 is 5.97 Å². The summed E-state index contributed by atoms with van der Waals surface area (Å²) in [7, 11) is 4.59. The van der Waals surface area contributed by atoms with Gasteiger partial charge in [0, 0.05) is 5.56 Å². The van der Waals surface area contributed by atoms with Gasteiger partial charge in [0.15, 0.2) is 5.76 Å². The predicted molar refractivity (Wildman–Crippen MR) is 106 cm³/mol. The van der Waals surface area contributed by atoms with Crippen molar-refractivity contribution < 1.29 is 23.5 Å². The molecule has 0 amide bonds. The summed E-state index contributed by atoms with van der Waals surface area (Å²) in [6, 6.07) is 15.0. The summed E-state index contributed by atoms with van der Waals surface area (Å²) in [5.41, 5.74) is 2.08. The second-order valence-electron chi connectivity index (χ2n) is 6.81. The Bertz CT molecular complexity index is 956. The fraction of sp³-hybridized carbons (Fsp3) is 0.273. The third-order valence-corrected chi connectivity index (χ3v) is 4.70. The van der Waals surface area contributed by atoms with Crippen LogP contribution in [-0.2, 0) is 14.9 Å². The van der Waals surface area contributed by atoms with Crippen molar-refractivity contribution in [3.8, 4) is 33.9 Å². The molecular formula is C22H23NO5. The average molecular weight is 377 g/mol. The molecule has 3 rings (SSSR count). The SMILES string of the molecule is [11CH3]OC(=O)C([11CH3])([11CH3])c1onc(-c2ccc(O[12CH3])cc2)c1-c1ccc(O[11CH3])cc1. The Morgan fingerprint density at radius 2 is 1.36 bits per heavy atom. The quantitative estimate of drug-likeness (QED) is 0.590. The summed E-state index contributed by atoms with van der Waals surface area (Å²) in [5.74, 6) is 1.52. The van der Waals surface area contributed by atoms with E-state index >= 15 is 0 Å². The van der Waals surface area contributed by atoms with Crippen molar-refractivity contribution in [1.29, 1.82) is 0 Å². The van der Waals surface area contributed by atoms with E-state index in [1.807, 2.05) is 48.5 Å². The number of esters is 1. The third-order valence-electron chi connectivity index (χ3n) is 4.70. The van der Waals surface area contributed by atoms with Crippen molar-refractivity contribution in [2.24, 2.45) is 0 Å². The molecule has 0 saturated carbocycles. The number of nitrogens with zero attached hydrogens (tertiary/aromatic N) is 1. The number of ether oxygens (including phenoxy) is 3. The Morgan fingerprint density at radius 1 is 0.857 bits per heavy atom. The molecule has 0 fully saturated rings. The van der Waals surface area contributed by atoms with E-state index in [1.165, 1.54) is 7.11 Å². The Labute approximate surface area is 164 Å². The van der Waals surface area contributed by atoms with Crippen LogP contribution in [-0.4, -0.2) is 32.5 Å². The summed E-state index contributed by atoms with van der Waals surface area (Å²) < 4.78 is 21.2. The van der Waals surface area contributed by atoms with Gasteiger partial charge in [-0.2, -0.15) is 0 Å². The minimum absolute atomic E-state index is 0.403. The van der Waals surface area contributed by atoms with Crippen LogP contribution in [0.2, 0.25) is 0 Å². The highest BCUT2D eigenvalue weighted by atomic mass is 16.5. The van der Waals surface area contributed by atoms with Crippen LogP contribution in [0.15, 0.2) is 53.1 Å². The lowest BCUT2D eigenvalue weighted by molar-refractivity contribution is -0.146. The Hall–Kier alpha value is -3.28. The van der Waals surface area contributed by atoms with Gasteiger partial charge in [-0.3, -0.25) is 4.79 Å². The van der Waals surface area contributed by atoms with Crippen LogP contribution in [0.4, 0.5) is 0 Å². The van der Waals surface area contributed by atoms with Crippen molar-refractivity contribution in [2.45, 2.75) is 19.3 Å². The summed E-state index contributed by atoms with van der Waals surface area (Å²) in [4.78, 5) is 12.4. The molecule has 3 aromatic rings. The van der Waals surface area contributed by atoms with Gasteiger partial charge in [-0.1, -0.05) is 17.3 Å². The van der Waals surface area contributed by atoms with Gasteiger partial charge in [0.05, 0.1) is 26.9 Å². The number of rotatable bonds is 6. The molecule has 1 aromatic heterocycles. The molecule has 0 bridgehead atoms. The molecule has 0 spiro atoms. The molecule has 146 valence electrons. The van der Waals surface area contributed by atoms with Crippen LogP contribution in [0.3, 0.4) is 0 Å². The highest BCUT2D eigenvalue weighted by Gasteiger charge is 2.39. The van der Waals surface area contributed by atoms with Crippen LogP contribution < -0.4 is 9.47 Å². The number of carbonyl (C=O) groups is 1. The number of carbonyl (C=O) groups excluding carboxylic acids is 1. The van der Waals surface area contributed by atoms with E-state index in [2.05, 4.69) is 5.16 Å². The normalized spacial score (nSPS) is 11.2. The lowest BCUT2D eigenvalue weighted by Gasteiger charge is -2.20. The van der Waals surface area contributed by atoms with Gasteiger partial charge in [-0.25, -0.2) is 0 Å². The summed E-state index contributed by atoms with van der Waals surface area (Å²) in [6.45, 7) is 3.51. The molecule has 2 aromatic carbocycles. The summed E-state index contributed by atoms with van der Waals surface area (Å²) in [5, 5.41) is 4.29. The van der Waals surface area contributed by atoms with E-state index in [4.69, 9.17) is 18.7 Å². The fourth-order valence-corrected chi connectivity index (χ4v) is 3.04. The molecule has 6 nitrogen and oxygen atoms in total. The zero-order valence-electron chi connectivity index (χ0n) is 16.6. The van der Waals surface area contributed by atoms with Gasteiger partial charge in [-0.05, 0) is 55.8 Å².